The van der Waals surface area contributed by atoms with Crippen molar-refractivity contribution >= 4 is 0 Å². The zero-order valence-corrected chi connectivity index (χ0v) is 13.6. The molecule has 0 spiro atoms. The molecule has 1 atom stereocenters. The van der Waals surface area contributed by atoms with E-state index >= 15 is 0 Å². The highest BCUT2D eigenvalue weighted by Gasteiger charge is 2.08. The third-order valence-corrected chi connectivity index (χ3v) is 4.54. The second kappa shape index (κ2) is 13.4. The number of unbranched alkanes of at least 4 members (excludes halogenated alkanes) is 3. The second-order valence-corrected chi connectivity index (χ2v) is 6.12. The van der Waals surface area contributed by atoms with Crippen LogP contribution in [0.4, 0.5) is 0 Å². The van der Waals surface area contributed by atoms with Crippen molar-refractivity contribution < 1.29 is 0 Å². The van der Waals surface area contributed by atoms with Crippen LogP contribution >= 0.6 is 0 Å². The molecule has 0 N–H and O–H groups in total. The smallest absolute Gasteiger partial charge is 0.0414 e. The predicted octanol–water partition coefficient (Wildman–Crippen LogP) is 6.98. The molecule has 0 heterocycles. The molecule has 0 nitrogen and oxygen atoms in total. The largest absolute Gasteiger partial charge is 0.0654 e. The first-order valence-electron chi connectivity index (χ1n) is 8.78. The Morgan fingerprint density at radius 2 is 1.00 bits per heavy atom. The van der Waals surface area contributed by atoms with Crippen LogP contribution in [-0.4, -0.2) is 0 Å². The first-order chi connectivity index (χ1) is 8.78. The highest BCUT2D eigenvalue weighted by Crippen LogP contribution is 2.24. The molecule has 0 aliphatic heterocycles. The molecule has 0 aromatic rings. The summed E-state index contributed by atoms with van der Waals surface area (Å²) in [6.45, 7) is 9.35. The summed E-state index contributed by atoms with van der Waals surface area (Å²) in [7, 11) is 0. The Bertz CT molecular complexity index is 146. The van der Waals surface area contributed by atoms with Crippen molar-refractivity contribution in [1.29, 1.82) is 0 Å². The second-order valence-electron chi connectivity index (χ2n) is 6.12. The van der Waals surface area contributed by atoms with E-state index in [-0.39, 0.29) is 0 Å². The summed E-state index contributed by atoms with van der Waals surface area (Å²) < 4.78 is 0. The maximum absolute atomic E-state index is 2.35. The van der Waals surface area contributed by atoms with Gasteiger partial charge >= 0.3 is 0 Å². The van der Waals surface area contributed by atoms with Gasteiger partial charge in [0.2, 0.25) is 0 Å². The van der Waals surface area contributed by atoms with Crippen LogP contribution in [0.1, 0.15) is 105 Å². The van der Waals surface area contributed by atoms with Crippen molar-refractivity contribution in [3.8, 4) is 0 Å². The summed E-state index contributed by atoms with van der Waals surface area (Å²) in [6, 6.07) is 0. The van der Waals surface area contributed by atoms with Crippen molar-refractivity contribution in [2.24, 2.45) is 11.8 Å². The van der Waals surface area contributed by atoms with Crippen LogP contribution < -0.4 is 0 Å². The Morgan fingerprint density at radius 3 is 1.44 bits per heavy atom. The monoisotopic (exact) mass is 254 g/mol. The maximum atomic E-state index is 2.35. The zero-order chi connectivity index (χ0) is 13.6. The lowest BCUT2D eigenvalue weighted by atomic mass is 9.89. The molecule has 0 heteroatoms. The van der Waals surface area contributed by atoms with Crippen LogP contribution in [0.25, 0.3) is 0 Å². The maximum Gasteiger partial charge on any atom is -0.0414 e. The van der Waals surface area contributed by atoms with E-state index in [1.807, 2.05) is 0 Å². The molecule has 0 rings (SSSR count). The molecule has 0 saturated heterocycles. The fourth-order valence-corrected chi connectivity index (χ4v) is 3.09. The SMILES string of the molecule is CCCCCC(CCC)CCCCC(CC)CC. The Morgan fingerprint density at radius 1 is 0.500 bits per heavy atom. The topological polar surface area (TPSA) is 0 Å². The average molecular weight is 255 g/mol. The first kappa shape index (κ1) is 18.0. The van der Waals surface area contributed by atoms with Gasteiger partial charge in [-0.15, -0.1) is 0 Å². The van der Waals surface area contributed by atoms with Gasteiger partial charge in [-0.05, 0) is 11.8 Å². The average Bonchev–Trinajstić information content (AvgIpc) is 2.39. The molecule has 0 aromatic heterocycles. The van der Waals surface area contributed by atoms with Gasteiger partial charge in [-0.25, -0.2) is 0 Å². The Hall–Kier alpha value is 0. The Labute approximate surface area is 117 Å². The van der Waals surface area contributed by atoms with Crippen molar-refractivity contribution in [2.45, 2.75) is 105 Å². The van der Waals surface area contributed by atoms with Crippen LogP contribution in [0.15, 0.2) is 0 Å². The van der Waals surface area contributed by atoms with Crippen molar-refractivity contribution in [2.75, 3.05) is 0 Å². The standard InChI is InChI=1S/C18H38/c1-5-9-10-15-18(13-6-2)16-12-11-14-17(7-3)8-4/h17-18H,5-16H2,1-4H3. The van der Waals surface area contributed by atoms with E-state index in [0.717, 1.165) is 11.8 Å². The van der Waals surface area contributed by atoms with Crippen LogP contribution in [0.2, 0.25) is 0 Å². The lowest BCUT2D eigenvalue weighted by Gasteiger charge is -2.17. The molecule has 0 bridgehead atoms. The molecule has 0 aliphatic carbocycles. The molecular formula is C18H38. The van der Waals surface area contributed by atoms with E-state index in [1.54, 1.807) is 0 Å². The van der Waals surface area contributed by atoms with Crippen LogP contribution in [0.3, 0.4) is 0 Å². The lowest BCUT2D eigenvalue weighted by Crippen LogP contribution is -2.02. The molecular weight excluding hydrogens is 216 g/mol. The third kappa shape index (κ3) is 9.97. The predicted molar refractivity (Wildman–Crippen MR) is 85.1 cm³/mol. The number of rotatable bonds is 13. The van der Waals surface area contributed by atoms with Gasteiger partial charge in [-0.3, -0.25) is 0 Å². The molecule has 0 aromatic carbocycles. The van der Waals surface area contributed by atoms with E-state index in [4.69, 9.17) is 0 Å². The summed E-state index contributed by atoms with van der Waals surface area (Å²) >= 11 is 0. The minimum atomic E-state index is 0.995. The van der Waals surface area contributed by atoms with Crippen LogP contribution in [-0.2, 0) is 0 Å². The van der Waals surface area contributed by atoms with Gasteiger partial charge in [0, 0.05) is 0 Å². The third-order valence-electron chi connectivity index (χ3n) is 4.54. The molecule has 110 valence electrons. The normalized spacial score (nSPS) is 13.2. The first-order valence-corrected chi connectivity index (χ1v) is 8.78. The highest BCUT2D eigenvalue weighted by molar-refractivity contribution is 4.61. The summed E-state index contributed by atoms with van der Waals surface area (Å²) in [5.41, 5.74) is 0. The van der Waals surface area contributed by atoms with Crippen LogP contribution in [0, 0.1) is 11.8 Å². The molecule has 0 amide bonds. The van der Waals surface area contributed by atoms with Gasteiger partial charge in [0.15, 0.2) is 0 Å². The molecule has 0 radical (unpaired) electrons. The van der Waals surface area contributed by atoms with E-state index in [2.05, 4.69) is 27.7 Å². The summed E-state index contributed by atoms with van der Waals surface area (Å²) in [5, 5.41) is 0. The van der Waals surface area contributed by atoms with Crippen molar-refractivity contribution in [3.05, 3.63) is 0 Å². The highest BCUT2D eigenvalue weighted by atomic mass is 14.1. The Balaban J connectivity index is 3.62. The fraction of sp³-hybridized carbons (Fsp3) is 1.00. The fourth-order valence-electron chi connectivity index (χ4n) is 3.09. The van der Waals surface area contributed by atoms with E-state index in [1.165, 1.54) is 77.0 Å². The van der Waals surface area contributed by atoms with E-state index < -0.39 is 0 Å². The van der Waals surface area contributed by atoms with Gasteiger partial charge < -0.3 is 0 Å². The quantitative estimate of drug-likeness (QED) is 0.311. The van der Waals surface area contributed by atoms with Gasteiger partial charge in [-0.1, -0.05) is 105 Å². The van der Waals surface area contributed by atoms with E-state index in [0.29, 0.717) is 0 Å². The van der Waals surface area contributed by atoms with E-state index in [9.17, 15) is 0 Å². The summed E-state index contributed by atoms with van der Waals surface area (Å²) in [4.78, 5) is 0. The molecule has 18 heavy (non-hydrogen) atoms. The zero-order valence-electron chi connectivity index (χ0n) is 13.6. The lowest BCUT2D eigenvalue weighted by molar-refractivity contribution is 0.364. The van der Waals surface area contributed by atoms with Crippen molar-refractivity contribution in [3.63, 3.8) is 0 Å². The molecule has 0 aliphatic rings. The van der Waals surface area contributed by atoms with Gasteiger partial charge in [0.05, 0.1) is 0 Å². The summed E-state index contributed by atoms with van der Waals surface area (Å²) in [6.07, 6.45) is 17.3. The summed E-state index contributed by atoms with van der Waals surface area (Å²) in [5.74, 6) is 2.03. The van der Waals surface area contributed by atoms with Gasteiger partial charge in [0.1, 0.15) is 0 Å². The van der Waals surface area contributed by atoms with Crippen LogP contribution in [0.5, 0.6) is 0 Å². The minimum Gasteiger partial charge on any atom is -0.0654 e. The van der Waals surface area contributed by atoms with Gasteiger partial charge in [-0.2, -0.15) is 0 Å². The minimum absolute atomic E-state index is 0.995. The number of hydrogen-bond acceptors (Lipinski definition) is 0. The Kier molecular flexibility index (Phi) is 13.4. The van der Waals surface area contributed by atoms with Crippen molar-refractivity contribution in [1.82, 2.24) is 0 Å². The molecule has 1 unspecified atom stereocenters. The molecule has 0 fully saturated rings. The molecule has 0 saturated carbocycles. The van der Waals surface area contributed by atoms with Gasteiger partial charge in [0.25, 0.3) is 0 Å². The number of hydrogen-bond donors (Lipinski definition) is 0.